The lowest BCUT2D eigenvalue weighted by Crippen LogP contribution is -2.33. The van der Waals surface area contributed by atoms with Crippen molar-refractivity contribution in [2.24, 2.45) is 5.73 Å². The molecule has 6 nitrogen and oxygen atoms in total. The van der Waals surface area contributed by atoms with Crippen molar-refractivity contribution >= 4 is 33.2 Å². The number of rotatable bonds is 6. The number of primary amides is 1. The first-order chi connectivity index (χ1) is 15.2. The van der Waals surface area contributed by atoms with Crippen LogP contribution in [0.5, 0.6) is 0 Å². The van der Waals surface area contributed by atoms with E-state index in [4.69, 9.17) is 5.73 Å². The second-order valence-corrected chi connectivity index (χ2v) is 8.24. The van der Waals surface area contributed by atoms with Crippen molar-refractivity contribution in [1.29, 1.82) is 0 Å². The zero-order valence-electron chi connectivity index (χ0n) is 16.5. The average molecular weight is 458 g/mol. The summed E-state index contributed by atoms with van der Waals surface area (Å²) in [6.07, 6.45) is -1.10. The Hall–Kier alpha value is -3.66. The van der Waals surface area contributed by atoms with Crippen LogP contribution in [0, 0.1) is 0 Å². The number of aromatic nitrogens is 2. The molecule has 2 amide bonds. The van der Waals surface area contributed by atoms with Crippen molar-refractivity contribution in [2.45, 2.75) is 12.6 Å². The summed E-state index contributed by atoms with van der Waals surface area (Å²) in [6, 6.07) is 12.8. The lowest BCUT2D eigenvalue weighted by Gasteiger charge is -2.08. The van der Waals surface area contributed by atoms with E-state index in [-0.39, 0.29) is 12.1 Å². The number of carbonyl (C=O) groups excluding carboxylic acids is 2. The molecule has 4 aromatic rings. The lowest BCUT2D eigenvalue weighted by molar-refractivity contribution is -0.137. The fraction of sp³-hybridized carbons (Fsp3) is 0.136. The van der Waals surface area contributed by atoms with Gasteiger partial charge in [0, 0.05) is 17.5 Å². The molecule has 3 N–H and O–H groups in total. The minimum atomic E-state index is -4.38. The molecule has 0 aliphatic heterocycles. The quantitative estimate of drug-likeness (QED) is 0.459. The molecule has 2 aromatic carbocycles. The summed E-state index contributed by atoms with van der Waals surface area (Å²) < 4.78 is 41.4. The van der Waals surface area contributed by atoms with Crippen LogP contribution in [-0.4, -0.2) is 28.1 Å². The number of nitrogens with zero attached hydrogens (tertiary/aromatic N) is 2. The SMILES string of the molecule is NC(=O)CNC(=O)c1cnn(-c2cccc3cc(Cc4cccc(C(F)(F)F)c4)sc23)c1. The monoisotopic (exact) mass is 458 g/mol. The van der Waals surface area contributed by atoms with Crippen LogP contribution in [0.4, 0.5) is 13.2 Å². The molecule has 0 saturated heterocycles. The van der Waals surface area contributed by atoms with Gasteiger partial charge in [0.2, 0.25) is 5.91 Å². The van der Waals surface area contributed by atoms with Crippen molar-refractivity contribution in [2.75, 3.05) is 6.54 Å². The summed E-state index contributed by atoms with van der Waals surface area (Å²) in [7, 11) is 0. The van der Waals surface area contributed by atoms with E-state index in [0.717, 1.165) is 32.8 Å². The van der Waals surface area contributed by atoms with Crippen molar-refractivity contribution < 1.29 is 22.8 Å². The van der Waals surface area contributed by atoms with Gasteiger partial charge in [0.25, 0.3) is 5.91 Å². The van der Waals surface area contributed by atoms with Crippen LogP contribution >= 0.6 is 11.3 Å². The number of nitrogens with two attached hydrogens (primary N) is 1. The van der Waals surface area contributed by atoms with E-state index in [0.29, 0.717) is 12.0 Å². The molecule has 0 atom stereocenters. The second-order valence-electron chi connectivity index (χ2n) is 7.11. The number of alkyl halides is 3. The van der Waals surface area contributed by atoms with Gasteiger partial charge in [0.1, 0.15) is 0 Å². The maximum Gasteiger partial charge on any atom is 0.416 e. The number of nitrogens with one attached hydrogen (secondary N) is 1. The third-order valence-corrected chi connectivity index (χ3v) is 5.90. The number of carbonyl (C=O) groups is 2. The summed E-state index contributed by atoms with van der Waals surface area (Å²) in [5.41, 5.74) is 5.94. The predicted molar refractivity (Wildman–Crippen MR) is 115 cm³/mol. The largest absolute Gasteiger partial charge is 0.416 e. The van der Waals surface area contributed by atoms with Gasteiger partial charge in [-0.3, -0.25) is 9.59 Å². The second kappa shape index (κ2) is 8.46. The summed E-state index contributed by atoms with van der Waals surface area (Å²) in [5, 5.41) is 7.56. The number of benzene rings is 2. The van der Waals surface area contributed by atoms with E-state index in [1.807, 2.05) is 24.3 Å². The van der Waals surface area contributed by atoms with E-state index in [1.54, 1.807) is 10.7 Å². The van der Waals surface area contributed by atoms with Crippen LogP contribution in [0.1, 0.15) is 26.4 Å². The Morgan fingerprint density at radius 3 is 2.66 bits per heavy atom. The summed E-state index contributed by atoms with van der Waals surface area (Å²) in [4.78, 5) is 23.9. The Kier molecular flexibility index (Phi) is 5.70. The van der Waals surface area contributed by atoms with Gasteiger partial charge < -0.3 is 11.1 Å². The Balaban J connectivity index is 1.61. The van der Waals surface area contributed by atoms with E-state index >= 15 is 0 Å². The van der Waals surface area contributed by atoms with Gasteiger partial charge in [-0.1, -0.05) is 30.3 Å². The first kappa shape index (κ1) is 21.6. The lowest BCUT2D eigenvalue weighted by atomic mass is 10.1. The molecule has 4 rings (SSSR count). The minimum absolute atomic E-state index is 0.268. The van der Waals surface area contributed by atoms with Gasteiger partial charge in [0.05, 0.1) is 34.3 Å². The zero-order valence-corrected chi connectivity index (χ0v) is 17.3. The fourth-order valence-corrected chi connectivity index (χ4v) is 4.47. The molecule has 0 spiro atoms. The molecule has 0 fully saturated rings. The van der Waals surface area contributed by atoms with Gasteiger partial charge in [-0.05, 0) is 29.1 Å². The predicted octanol–water partition coefficient (Wildman–Crippen LogP) is 3.91. The van der Waals surface area contributed by atoms with Crippen molar-refractivity contribution in [3.63, 3.8) is 0 Å². The normalized spacial score (nSPS) is 11.6. The van der Waals surface area contributed by atoms with Crippen molar-refractivity contribution in [1.82, 2.24) is 15.1 Å². The Morgan fingerprint density at radius 2 is 1.91 bits per heavy atom. The molecule has 0 saturated carbocycles. The number of hydrogen-bond acceptors (Lipinski definition) is 4. The highest BCUT2D eigenvalue weighted by Gasteiger charge is 2.30. The van der Waals surface area contributed by atoms with Gasteiger partial charge in [-0.15, -0.1) is 11.3 Å². The highest BCUT2D eigenvalue weighted by molar-refractivity contribution is 7.19. The third kappa shape index (κ3) is 4.65. The highest BCUT2D eigenvalue weighted by Crippen LogP contribution is 2.34. The van der Waals surface area contributed by atoms with Crippen LogP contribution in [-0.2, 0) is 17.4 Å². The Morgan fingerprint density at radius 1 is 1.12 bits per heavy atom. The van der Waals surface area contributed by atoms with Gasteiger partial charge in [-0.2, -0.15) is 18.3 Å². The topological polar surface area (TPSA) is 90.0 Å². The van der Waals surface area contributed by atoms with E-state index in [2.05, 4.69) is 10.4 Å². The molecule has 0 unspecified atom stereocenters. The van der Waals surface area contributed by atoms with E-state index in [1.165, 1.54) is 29.8 Å². The highest BCUT2D eigenvalue weighted by atomic mass is 32.1. The van der Waals surface area contributed by atoms with Gasteiger partial charge in [0.15, 0.2) is 0 Å². The first-order valence-electron chi connectivity index (χ1n) is 9.50. The number of amides is 2. The maximum atomic E-state index is 13.0. The molecule has 0 radical (unpaired) electrons. The van der Waals surface area contributed by atoms with Crippen LogP contribution < -0.4 is 11.1 Å². The number of halogens is 3. The molecular formula is C22H17F3N4O2S. The number of hydrogen-bond donors (Lipinski definition) is 2. The van der Waals surface area contributed by atoms with E-state index < -0.39 is 23.6 Å². The van der Waals surface area contributed by atoms with E-state index in [9.17, 15) is 22.8 Å². The molecule has 2 heterocycles. The standard InChI is InChI=1S/C22H17F3N4O2S/c23-22(24,25)16-5-1-3-13(7-16)8-17-9-14-4-2-6-18(20(14)32-17)29-12-15(10-28-29)21(31)27-11-19(26)30/h1-7,9-10,12H,8,11H2,(H2,26,30)(H,27,31). The van der Waals surface area contributed by atoms with Crippen LogP contribution in [0.2, 0.25) is 0 Å². The molecule has 32 heavy (non-hydrogen) atoms. The summed E-state index contributed by atoms with van der Waals surface area (Å²) in [5.74, 6) is -1.12. The first-order valence-corrected chi connectivity index (χ1v) is 10.3. The van der Waals surface area contributed by atoms with Gasteiger partial charge in [-0.25, -0.2) is 4.68 Å². The summed E-state index contributed by atoms with van der Waals surface area (Å²) >= 11 is 1.45. The average Bonchev–Trinajstić information content (AvgIpc) is 3.38. The summed E-state index contributed by atoms with van der Waals surface area (Å²) in [6.45, 7) is -0.274. The molecular weight excluding hydrogens is 441 g/mol. The molecule has 0 aliphatic rings. The third-order valence-electron chi connectivity index (χ3n) is 4.72. The molecule has 0 aliphatic carbocycles. The van der Waals surface area contributed by atoms with Crippen molar-refractivity contribution in [3.8, 4) is 5.69 Å². The molecule has 164 valence electrons. The zero-order chi connectivity index (χ0) is 22.9. The number of thiophene rings is 1. The van der Waals surface area contributed by atoms with Gasteiger partial charge >= 0.3 is 6.18 Å². The number of fused-ring (bicyclic) bond motifs is 1. The Labute approximate surface area is 184 Å². The molecule has 10 heteroatoms. The van der Waals surface area contributed by atoms with Crippen molar-refractivity contribution in [3.05, 3.63) is 82.5 Å². The van der Waals surface area contributed by atoms with Crippen LogP contribution in [0.25, 0.3) is 15.8 Å². The molecule has 2 aromatic heterocycles. The van der Waals surface area contributed by atoms with Crippen LogP contribution in [0.15, 0.2) is 60.9 Å². The molecule has 0 bridgehead atoms. The van der Waals surface area contributed by atoms with Crippen LogP contribution in [0.3, 0.4) is 0 Å². The fourth-order valence-electron chi connectivity index (χ4n) is 3.27. The maximum absolute atomic E-state index is 13.0. The smallest absolute Gasteiger partial charge is 0.368 e. The minimum Gasteiger partial charge on any atom is -0.368 e. The Bertz CT molecular complexity index is 1310.